The number of aromatic nitrogens is 1. The summed E-state index contributed by atoms with van der Waals surface area (Å²) in [6, 6.07) is 7.48. The van der Waals surface area contributed by atoms with Gasteiger partial charge in [-0.1, -0.05) is 19.9 Å². The van der Waals surface area contributed by atoms with E-state index in [1.54, 1.807) is 0 Å². The Balaban J connectivity index is 1.71. The van der Waals surface area contributed by atoms with Crippen molar-refractivity contribution < 1.29 is 0 Å². The highest BCUT2D eigenvalue weighted by Crippen LogP contribution is 2.18. The molecule has 0 aliphatic carbocycles. The standard InChI is InChI=1S/C17H29N3/c1-14(2)7-8-15(3)19-16-9-12-20(13-10-16)17-6-4-5-11-18-17/h4-6,11,14-16,19H,7-10,12-13H2,1-3H3. The first-order valence-corrected chi connectivity index (χ1v) is 8.07. The molecule has 3 nitrogen and oxygen atoms in total. The number of hydrogen-bond acceptors (Lipinski definition) is 3. The molecule has 2 rings (SSSR count). The molecule has 0 amide bonds. The van der Waals surface area contributed by atoms with Crippen LogP contribution in [-0.4, -0.2) is 30.2 Å². The monoisotopic (exact) mass is 275 g/mol. The summed E-state index contributed by atoms with van der Waals surface area (Å²) in [5.74, 6) is 1.93. The first-order chi connectivity index (χ1) is 9.65. The Bertz CT molecular complexity index is 369. The van der Waals surface area contributed by atoms with Crippen LogP contribution < -0.4 is 10.2 Å². The summed E-state index contributed by atoms with van der Waals surface area (Å²) in [4.78, 5) is 6.84. The van der Waals surface area contributed by atoms with Gasteiger partial charge in [0.1, 0.15) is 5.82 Å². The van der Waals surface area contributed by atoms with Crippen molar-refractivity contribution in [1.29, 1.82) is 0 Å². The molecule has 1 saturated heterocycles. The Morgan fingerprint density at radius 1 is 1.20 bits per heavy atom. The van der Waals surface area contributed by atoms with Crippen molar-refractivity contribution in [2.75, 3.05) is 18.0 Å². The van der Waals surface area contributed by atoms with E-state index in [4.69, 9.17) is 0 Å². The lowest BCUT2D eigenvalue weighted by atomic mass is 10.0. The second-order valence-corrected chi connectivity index (χ2v) is 6.49. The van der Waals surface area contributed by atoms with Gasteiger partial charge in [0.05, 0.1) is 0 Å². The summed E-state index contributed by atoms with van der Waals surface area (Å²) in [5, 5.41) is 3.80. The number of piperidine rings is 1. The fourth-order valence-corrected chi connectivity index (χ4v) is 2.89. The van der Waals surface area contributed by atoms with E-state index in [0.717, 1.165) is 24.8 Å². The van der Waals surface area contributed by atoms with Crippen LogP contribution in [0.1, 0.15) is 46.5 Å². The summed E-state index contributed by atoms with van der Waals surface area (Å²) in [6.45, 7) is 9.17. The van der Waals surface area contributed by atoms with Gasteiger partial charge in [0.25, 0.3) is 0 Å². The topological polar surface area (TPSA) is 28.2 Å². The van der Waals surface area contributed by atoms with Crippen LogP contribution in [0.3, 0.4) is 0 Å². The van der Waals surface area contributed by atoms with Crippen LogP contribution in [0.25, 0.3) is 0 Å². The molecule has 0 bridgehead atoms. The zero-order chi connectivity index (χ0) is 14.4. The van der Waals surface area contributed by atoms with Gasteiger partial charge in [0.2, 0.25) is 0 Å². The van der Waals surface area contributed by atoms with Gasteiger partial charge < -0.3 is 10.2 Å². The van der Waals surface area contributed by atoms with Gasteiger partial charge in [0.15, 0.2) is 0 Å². The van der Waals surface area contributed by atoms with E-state index in [2.05, 4.69) is 48.1 Å². The van der Waals surface area contributed by atoms with E-state index in [1.165, 1.54) is 25.7 Å². The molecule has 2 heterocycles. The quantitative estimate of drug-likeness (QED) is 0.861. The summed E-state index contributed by atoms with van der Waals surface area (Å²) in [7, 11) is 0. The third kappa shape index (κ3) is 4.78. The molecule has 1 fully saturated rings. The number of pyridine rings is 1. The fraction of sp³-hybridized carbons (Fsp3) is 0.706. The molecule has 1 aliphatic rings. The summed E-state index contributed by atoms with van der Waals surface area (Å²) >= 11 is 0. The highest BCUT2D eigenvalue weighted by atomic mass is 15.2. The molecule has 1 aromatic heterocycles. The van der Waals surface area contributed by atoms with Crippen molar-refractivity contribution in [3.8, 4) is 0 Å². The maximum atomic E-state index is 4.44. The fourth-order valence-electron chi connectivity index (χ4n) is 2.89. The van der Waals surface area contributed by atoms with Crippen LogP contribution in [0, 0.1) is 5.92 Å². The second-order valence-electron chi connectivity index (χ2n) is 6.49. The number of nitrogens with zero attached hydrogens (tertiary/aromatic N) is 2. The number of hydrogen-bond donors (Lipinski definition) is 1. The van der Waals surface area contributed by atoms with E-state index in [-0.39, 0.29) is 0 Å². The van der Waals surface area contributed by atoms with Crippen molar-refractivity contribution >= 4 is 5.82 Å². The summed E-state index contributed by atoms with van der Waals surface area (Å²) < 4.78 is 0. The van der Waals surface area contributed by atoms with Crippen LogP contribution in [0.15, 0.2) is 24.4 Å². The highest BCUT2D eigenvalue weighted by molar-refractivity contribution is 5.38. The molecule has 1 atom stereocenters. The maximum absolute atomic E-state index is 4.44. The van der Waals surface area contributed by atoms with Gasteiger partial charge in [-0.25, -0.2) is 4.98 Å². The smallest absolute Gasteiger partial charge is 0.128 e. The SMILES string of the molecule is CC(C)CCC(C)NC1CCN(c2ccccn2)CC1. The largest absolute Gasteiger partial charge is 0.357 e. The van der Waals surface area contributed by atoms with Gasteiger partial charge in [0, 0.05) is 31.4 Å². The Morgan fingerprint density at radius 2 is 1.95 bits per heavy atom. The first-order valence-electron chi connectivity index (χ1n) is 8.07. The highest BCUT2D eigenvalue weighted by Gasteiger charge is 2.20. The molecule has 1 aromatic rings. The van der Waals surface area contributed by atoms with Crippen molar-refractivity contribution in [2.24, 2.45) is 5.92 Å². The number of nitrogens with one attached hydrogen (secondary N) is 1. The molecule has 0 radical (unpaired) electrons. The van der Waals surface area contributed by atoms with Crippen LogP contribution in [0.5, 0.6) is 0 Å². The normalized spacial score (nSPS) is 18.5. The van der Waals surface area contributed by atoms with E-state index < -0.39 is 0 Å². The second kappa shape index (κ2) is 7.63. The molecular formula is C17H29N3. The molecule has 3 heteroatoms. The minimum absolute atomic E-state index is 0.642. The van der Waals surface area contributed by atoms with Crippen LogP contribution in [0.4, 0.5) is 5.82 Å². The summed E-state index contributed by atoms with van der Waals surface area (Å²) in [5.41, 5.74) is 0. The first kappa shape index (κ1) is 15.3. The van der Waals surface area contributed by atoms with Crippen molar-refractivity contribution in [1.82, 2.24) is 10.3 Å². The lowest BCUT2D eigenvalue weighted by Crippen LogP contribution is -2.45. The van der Waals surface area contributed by atoms with Gasteiger partial charge in [-0.3, -0.25) is 0 Å². The van der Waals surface area contributed by atoms with E-state index in [1.807, 2.05) is 12.3 Å². The molecule has 0 aromatic carbocycles. The van der Waals surface area contributed by atoms with Crippen LogP contribution in [-0.2, 0) is 0 Å². The van der Waals surface area contributed by atoms with E-state index >= 15 is 0 Å². The molecule has 20 heavy (non-hydrogen) atoms. The van der Waals surface area contributed by atoms with Crippen molar-refractivity contribution in [3.05, 3.63) is 24.4 Å². The average molecular weight is 275 g/mol. The predicted molar refractivity (Wildman–Crippen MR) is 86.1 cm³/mol. The van der Waals surface area contributed by atoms with Crippen LogP contribution in [0.2, 0.25) is 0 Å². The van der Waals surface area contributed by atoms with E-state index in [9.17, 15) is 0 Å². The molecule has 0 spiro atoms. The third-order valence-corrected chi connectivity index (χ3v) is 4.17. The Hall–Kier alpha value is -1.09. The lowest BCUT2D eigenvalue weighted by Gasteiger charge is -2.34. The Labute approximate surface area is 123 Å². The zero-order valence-corrected chi connectivity index (χ0v) is 13.2. The molecule has 112 valence electrons. The predicted octanol–water partition coefficient (Wildman–Crippen LogP) is 3.46. The van der Waals surface area contributed by atoms with Gasteiger partial charge >= 0.3 is 0 Å². The Morgan fingerprint density at radius 3 is 2.55 bits per heavy atom. The number of rotatable bonds is 6. The van der Waals surface area contributed by atoms with Gasteiger partial charge in [-0.2, -0.15) is 0 Å². The van der Waals surface area contributed by atoms with Gasteiger partial charge in [-0.15, -0.1) is 0 Å². The minimum atomic E-state index is 0.642. The molecular weight excluding hydrogens is 246 g/mol. The lowest BCUT2D eigenvalue weighted by molar-refractivity contribution is 0.352. The maximum Gasteiger partial charge on any atom is 0.128 e. The molecule has 0 saturated carbocycles. The van der Waals surface area contributed by atoms with Crippen molar-refractivity contribution in [2.45, 2.75) is 58.5 Å². The number of anilines is 1. The Kier molecular flexibility index (Phi) is 5.84. The minimum Gasteiger partial charge on any atom is -0.357 e. The zero-order valence-electron chi connectivity index (χ0n) is 13.2. The third-order valence-electron chi connectivity index (χ3n) is 4.17. The molecule has 1 aliphatic heterocycles. The van der Waals surface area contributed by atoms with Crippen molar-refractivity contribution in [3.63, 3.8) is 0 Å². The van der Waals surface area contributed by atoms with E-state index in [0.29, 0.717) is 12.1 Å². The van der Waals surface area contributed by atoms with Crippen LogP contribution >= 0.6 is 0 Å². The average Bonchev–Trinajstić information content (AvgIpc) is 2.47. The summed E-state index contributed by atoms with van der Waals surface area (Å²) in [6.07, 6.45) is 6.94. The molecule has 1 N–H and O–H groups in total. The molecule has 1 unspecified atom stereocenters. The van der Waals surface area contributed by atoms with Gasteiger partial charge in [-0.05, 0) is 50.7 Å².